The quantitative estimate of drug-likeness (QED) is 0.409. The van der Waals surface area contributed by atoms with Crippen molar-refractivity contribution in [3.8, 4) is 5.75 Å². The Bertz CT molecular complexity index is 965. The molecule has 1 aliphatic rings. The third kappa shape index (κ3) is 6.31. The van der Waals surface area contributed by atoms with Crippen LogP contribution in [0.15, 0.2) is 53.6 Å². The Kier molecular flexibility index (Phi) is 9.69. The number of benzene rings is 1. The Balaban J connectivity index is 2.17. The molecule has 172 valence electrons. The SMILES string of the molecule is C=C/C=C(Cl)\C(Cl)=C(/C)c1cc(NCC(=O)N2CCN(C(=O)C=C)CC2)c(OC)cc1Cl. The summed E-state index contributed by atoms with van der Waals surface area (Å²) in [4.78, 5) is 27.8. The van der Waals surface area contributed by atoms with Crippen LogP contribution in [0, 0.1) is 0 Å². The molecule has 6 nitrogen and oxygen atoms in total. The highest BCUT2D eigenvalue weighted by Crippen LogP contribution is 2.38. The Morgan fingerprint density at radius 1 is 1.16 bits per heavy atom. The number of carbonyl (C=O) groups is 2. The van der Waals surface area contributed by atoms with Gasteiger partial charge < -0.3 is 19.9 Å². The first-order valence-electron chi connectivity index (χ1n) is 9.89. The van der Waals surface area contributed by atoms with Crippen LogP contribution in [0.2, 0.25) is 5.02 Å². The van der Waals surface area contributed by atoms with Gasteiger partial charge in [0.2, 0.25) is 11.8 Å². The van der Waals surface area contributed by atoms with Gasteiger partial charge in [-0.3, -0.25) is 9.59 Å². The molecule has 32 heavy (non-hydrogen) atoms. The van der Waals surface area contributed by atoms with E-state index >= 15 is 0 Å². The first-order valence-corrected chi connectivity index (χ1v) is 11.0. The number of allylic oxidation sites excluding steroid dienone is 5. The van der Waals surface area contributed by atoms with Gasteiger partial charge in [-0.25, -0.2) is 0 Å². The fourth-order valence-corrected chi connectivity index (χ4v) is 3.90. The number of anilines is 1. The predicted octanol–water partition coefficient (Wildman–Crippen LogP) is 4.90. The first kappa shape index (κ1) is 25.8. The maximum Gasteiger partial charge on any atom is 0.246 e. The highest BCUT2D eigenvalue weighted by Gasteiger charge is 2.23. The number of rotatable bonds is 8. The minimum atomic E-state index is -0.126. The fraction of sp³-hybridized carbons (Fsp3) is 0.304. The Labute approximate surface area is 203 Å². The molecule has 9 heteroatoms. The van der Waals surface area contributed by atoms with Crippen molar-refractivity contribution >= 4 is 57.9 Å². The average molecular weight is 499 g/mol. The molecule has 1 aliphatic heterocycles. The molecule has 0 aromatic heterocycles. The van der Waals surface area contributed by atoms with Gasteiger partial charge in [0.1, 0.15) is 5.75 Å². The van der Waals surface area contributed by atoms with E-state index in [2.05, 4.69) is 18.5 Å². The van der Waals surface area contributed by atoms with Crippen LogP contribution in [-0.2, 0) is 9.59 Å². The minimum Gasteiger partial charge on any atom is -0.495 e. The van der Waals surface area contributed by atoms with Crippen LogP contribution in [0.4, 0.5) is 5.69 Å². The van der Waals surface area contributed by atoms with E-state index in [1.54, 1.807) is 41.0 Å². The van der Waals surface area contributed by atoms with E-state index < -0.39 is 0 Å². The van der Waals surface area contributed by atoms with Gasteiger partial charge in [0.05, 0.1) is 34.4 Å². The molecular weight excluding hydrogens is 473 g/mol. The van der Waals surface area contributed by atoms with Gasteiger partial charge in [-0.15, -0.1) is 0 Å². The maximum atomic E-state index is 12.7. The van der Waals surface area contributed by atoms with Crippen LogP contribution >= 0.6 is 34.8 Å². The van der Waals surface area contributed by atoms with E-state index in [9.17, 15) is 9.59 Å². The Morgan fingerprint density at radius 3 is 2.34 bits per heavy atom. The number of hydrogen-bond acceptors (Lipinski definition) is 4. The van der Waals surface area contributed by atoms with E-state index in [1.165, 1.54) is 13.2 Å². The summed E-state index contributed by atoms with van der Waals surface area (Å²) in [5, 5.41) is 4.23. The van der Waals surface area contributed by atoms with Crippen LogP contribution in [0.5, 0.6) is 5.75 Å². The summed E-state index contributed by atoms with van der Waals surface area (Å²) >= 11 is 19.0. The van der Waals surface area contributed by atoms with Gasteiger partial charge in [0, 0.05) is 32.2 Å². The van der Waals surface area contributed by atoms with Gasteiger partial charge in [0.25, 0.3) is 0 Å². The van der Waals surface area contributed by atoms with E-state index in [0.717, 1.165) is 0 Å². The third-order valence-electron chi connectivity index (χ3n) is 5.05. The predicted molar refractivity (Wildman–Crippen MR) is 132 cm³/mol. The fourth-order valence-electron chi connectivity index (χ4n) is 3.21. The molecule has 1 heterocycles. The lowest BCUT2D eigenvalue weighted by molar-refractivity contribution is -0.135. The number of hydrogen-bond donors (Lipinski definition) is 1. The lowest BCUT2D eigenvalue weighted by atomic mass is 10.0. The molecular formula is C23H26Cl3N3O3. The van der Waals surface area contributed by atoms with Crippen molar-refractivity contribution in [2.24, 2.45) is 0 Å². The molecule has 0 unspecified atom stereocenters. The van der Waals surface area contributed by atoms with E-state index in [4.69, 9.17) is 39.5 Å². The Morgan fingerprint density at radius 2 is 1.78 bits per heavy atom. The largest absolute Gasteiger partial charge is 0.495 e. The lowest BCUT2D eigenvalue weighted by Gasteiger charge is -2.34. The number of nitrogens with zero attached hydrogens (tertiary/aromatic N) is 2. The Hall–Kier alpha value is -2.41. The van der Waals surface area contributed by atoms with E-state index in [1.807, 2.05) is 0 Å². The molecule has 1 fully saturated rings. The van der Waals surface area contributed by atoms with Crippen molar-refractivity contribution in [3.63, 3.8) is 0 Å². The zero-order valence-corrected chi connectivity index (χ0v) is 20.4. The maximum absolute atomic E-state index is 12.7. The number of amides is 2. The molecule has 2 rings (SSSR count). The van der Waals surface area contributed by atoms with E-state index in [0.29, 0.717) is 63.8 Å². The summed E-state index contributed by atoms with van der Waals surface area (Å²) in [5.41, 5.74) is 1.91. The summed E-state index contributed by atoms with van der Waals surface area (Å²) in [6, 6.07) is 3.42. The van der Waals surface area contributed by atoms with Crippen LogP contribution in [0.1, 0.15) is 12.5 Å². The minimum absolute atomic E-state index is 0.0560. The van der Waals surface area contributed by atoms with Crippen LogP contribution in [0.25, 0.3) is 5.57 Å². The van der Waals surface area contributed by atoms with Gasteiger partial charge in [0.15, 0.2) is 0 Å². The van der Waals surface area contributed by atoms with Gasteiger partial charge in [-0.2, -0.15) is 0 Å². The highest BCUT2D eigenvalue weighted by atomic mass is 35.5. The molecule has 0 atom stereocenters. The zero-order chi connectivity index (χ0) is 23.8. The second-order valence-corrected chi connectivity index (χ2v) is 8.18. The normalized spacial score (nSPS) is 15.1. The third-order valence-corrected chi connectivity index (χ3v) is 6.26. The molecule has 0 radical (unpaired) electrons. The summed E-state index contributed by atoms with van der Waals surface area (Å²) in [7, 11) is 1.52. The molecule has 0 spiro atoms. The zero-order valence-electron chi connectivity index (χ0n) is 18.1. The van der Waals surface area contributed by atoms with Gasteiger partial charge in [-0.1, -0.05) is 54.0 Å². The molecule has 2 amide bonds. The van der Waals surface area contributed by atoms with Gasteiger partial charge >= 0.3 is 0 Å². The molecule has 1 aromatic rings. The molecule has 1 aromatic carbocycles. The second kappa shape index (κ2) is 12.0. The van der Waals surface area contributed by atoms with Gasteiger partial charge in [-0.05, 0) is 36.3 Å². The topological polar surface area (TPSA) is 61.9 Å². The van der Waals surface area contributed by atoms with Crippen molar-refractivity contribution in [2.45, 2.75) is 6.92 Å². The van der Waals surface area contributed by atoms with Crippen LogP contribution < -0.4 is 10.1 Å². The number of carbonyl (C=O) groups excluding carboxylic acids is 2. The summed E-state index contributed by atoms with van der Waals surface area (Å²) < 4.78 is 5.41. The molecule has 0 bridgehead atoms. The lowest BCUT2D eigenvalue weighted by Crippen LogP contribution is -2.51. The highest BCUT2D eigenvalue weighted by molar-refractivity contribution is 6.46. The number of piperazine rings is 1. The summed E-state index contributed by atoms with van der Waals surface area (Å²) in [6.07, 6.45) is 4.41. The van der Waals surface area contributed by atoms with E-state index in [-0.39, 0.29) is 18.4 Å². The number of ether oxygens (including phenoxy) is 1. The number of halogens is 3. The summed E-state index contributed by atoms with van der Waals surface area (Å²) in [5.74, 6) is 0.278. The van der Waals surface area contributed by atoms with Crippen molar-refractivity contribution in [2.75, 3.05) is 45.2 Å². The van der Waals surface area contributed by atoms with Crippen molar-refractivity contribution in [1.29, 1.82) is 0 Å². The standard InChI is InChI=1S/C23H26Cl3N3O3/c1-5-7-17(24)23(26)15(3)16-12-19(20(32-4)13-18(16)25)27-14-22(31)29-10-8-28(9-11-29)21(30)6-2/h5-7,12-13,27H,1-2,8-11,14H2,3-4H3/b17-7+,23-15-. The number of nitrogens with one attached hydrogen (secondary N) is 1. The summed E-state index contributed by atoms with van der Waals surface area (Å²) in [6.45, 7) is 10.9. The van der Waals surface area contributed by atoms with Crippen LogP contribution in [-0.4, -0.2) is 61.4 Å². The molecule has 1 N–H and O–H groups in total. The van der Waals surface area contributed by atoms with Crippen LogP contribution in [0.3, 0.4) is 0 Å². The van der Waals surface area contributed by atoms with Crippen molar-refractivity contribution in [3.05, 3.63) is 64.2 Å². The van der Waals surface area contributed by atoms with Crippen molar-refractivity contribution in [1.82, 2.24) is 9.80 Å². The number of methoxy groups -OCH3 is 1. The second-order valence-electron chi connectivity index (χ2n) is 6.99. The average Bonchev–Trinajstić information content (AvgIpc) is 2.81. The smallest absolute Gasteiger partial charge is 0.246 e. The first-order chi connectivity index (χ1) is 15.2. The molecule has 1 saturated heterocycles. The molecule has 0 saturated carbocycles. The van der Waals surface area contributed by atoms with Crippen molar-refractivity contribution < 1.29 is 14.3 Å². The molecule has 0 aliphatic carbocycles. The monoisotopic (exact) mass is 497 g/mol.